The van der Waals surface area contributed by atoms with Crippen molar-refractivity contribution < 1.29 is 9.47 Å². The van der Waals surface area contributed by atoms with E-state index in [2.05, 4.69) is 18.2 Å². The highest BCUT2D eigenvalue weighted by molar-refractivity contribution is 5.43. The second-order valence-electron chi connectivity index (χ2n) is 4.28. The van der Waals surface area contributed by atoms with E-state index in [0.29, 0.717) is 11.8 Å². The average Bonchev–Trinajstić information content (AvgIpc) is 2.57. The Hall–Kier alpha value is -0.760. The van der Waals surface area contributed by atoms with Crippen LogP contribution in [0.1, 0.15) is 0 Å². The number of allylic oxidation sites excluding steroid dienone is 1. The molecule has 2 aliphatic heterocycles. The number of hydrogen-bond acceptors (Lipinski definition) is 2. The van der Waals surface area contributed by atoms with Crippen LogP contribution in [0, 0.1) is 17.3 Å². The van der Waals surface area contributed by atoms with Gasteiger partial charge in [0.05, 0.1) is 24.9 Å². The largest absolute Gasteiger partial charge is 0.491 e. The predicted octanol–water partition coefficient (Wildman–Crippen LogP) is 1.10. The first kappa shape index (κ1) is 5.81. The van der Waals surface area contributed by atoms with Crippen LogP contribution in [0.25, 0.3) is 0 Å². The average molecular weight is 162 g/mol. The van der Waals surface area contributed by atoms with Gasteiger partial charge in [-0.3, -0.25) is 0 Å². The number of ether oxygens (including phenoxy) is 2. The lowest BCUT2D eigenvalue weighted by atomic mass is 9.40. The maximum Gasteiger partial charge on any atom is 0.150 e. The summed E-state index contributed by atoms with van der Waals surface area (Å²) < 4.78 is 11.3. The fourth-order valence-corrected chi connectivity index (χ4v) is 3.42. The van der Waals surface area contributed by atoms with Crippen molar-refractivity contribution in [3.05, 3.63) is 24.5 Å². The Balaban J connectivity index is 1.93. The molecule has 1 unspecified atom stereocenters. The normalized spacial score (nSPS) is 62.7. The molecule has 4 atom stereocenters. The van der Waals surface area contributed by atoms with Gasteiger partial charge in [0.1, 0.15) is 5.60 Å². The van der Waals surface area contributed by atoms with Crippen LogP contribution in [0.2, 0.25) is 0 Å². The molecule has 0 N–H and O–H groups in total. The summed E-state index contributed by atoms with van der Waals surface area (Å²) in [4.78, 5) is 0. The minimum absolute atomic E-state index is 0.0203. The molecule has 0 amide bonds. The van der Waals surface area contributed by atoms with Crippen LogP contribution >= 0.6 is 0 Å². The van der Waals surface area contributed by atoms with E-state index in [4.69, 9.17) is 9.47 Å². The Labute approximate surface area is 70.8 Å². The molecule has 0 bridgehead atoms. The Morgan fingerprint density at radius 3 is 3.00 bits per heavy atom. The third-order valence-corrected chi connectivity index (χ3v) is 4.13. The van der Waals surface area contributed by atoms with Crippen molar-refractivity contribution in [3.63, 3.8) is 0 Å². The summed E-state index contributed by atoms with van der Waals surface area (Å²) in [6.07, 6.45) is 8.65. The molecule has 2 heterocycles. The van der Waals surface area contributed by atoms with Crippen molar-refractivity contribution in [2.24, 2.45) is 17.3 Å². The first-order valence-electron chi connectivity index (χ1n) is 4.51. The van der Waals surface area contributed by atoms with E-state index in [1.54, 1.807) is 0 Å². The van der Waals surface area contributed by atoms with Crippen molar-refractivity contribution in [3.8, 4) is 0 Å². The summed E-state index contributed by atoms with van der Waals surface area (Å²) in [5.41, 5.74) is 0.285. The molecule has 2 spiro atoms. The van der Waals surface area contributed by atoms with E-state index in [1.165, 1.54) is 0 Å². The zero-order chi connectivity index (χ0) is 7.81. The molecule has 1 saturated heterocycles. The summed E-state index contributed by atoms with van der Waals surface area (Å²) in [6.45, 7) is 1.65. The molecule has 2 heteroatoms. The highest BCUT2D eigenvalue weighted by atomic mass is 16.6. The van der Waals surface area contributed by atoms with Crippen molar-refractivity contribution in [2.75, 3.05) is 13.2 Å². The van der Waals surface area contributed by atoms with Crippen LogP contribution < -0.4 is 0 Å². The number of rotatable bonds is 0. The molecule has 12 heavy (non-hydrogen) atoms. The summed E-state index contributed by atoms with van der Waals surface area (Å²) in [6, 6.07) is 0. The van der Waals surface area contributed by atoms with Gasteiger partial charge in [-0.25, -0.2) is 0 Å². The number of hydrogen-bond donors (Lipinski definition) is 0. The molecule has 2 nitrogen and oxygen atoms in total. The molecular weight excluding hydrogens is 152 g/mol. The monoisotopic (exact) mass is 162 g/mol. The van der Waals surface area contributed by atoms with Crippen LogP contribution in [0.4, 0.5) is 0 Å². The van der Waals surface area contributed by atoms with Gasteiger partial charge in [0, 0.05) is 11.8 Å². The summed E-state index contributed by atoms with van der Waals surface area (Å²) >= 11 is 0. The molecule has 0 aromatic heterocycles. The standard InChI is InChI=1S/C10H10O2/c1-3-9-5-11-6-10(9)8(7(1)9)2-4-12-10/h1-4,7-8H,5-6H2/t7-,8+,9?,10+/m0/s1. The van der Waals surface area contributed by atoms with Crippen LogP contribution in [0.15, 0.2) is 24.5 Å². The molecule has 4 rings (SSSR count). The van der Waals surface area contributed by atoms with Gasteiger partial charge in [0.2, 0.25) is 0 Å². The molecule has 2 aliphatic carbocycles. The van der Waals surface area contributed by atoms with E-state index < -0.39 is 0 Å². The molecule has 4 aliphatic rings. The van der Waals surface area contributed by atoms with Gasteiger partial charge < -0.3 is 9.47 Å². The fourth-order valence-electron chi connectivity index (χ4n) is 3.42. The van der Waals surface area contributed by atoms with E-state index in [0.717, 1.165) is 13.2 Å². The second kappa shape index (κ2) is 1.37. The molecule has 2 fully saturated rings. The van der Waals surface area contributed by atoms with Gasteiger partial charge in [0.25, 0.3) is 0 Å². The van der Waals surface area contributed by atoms with Gasteiger partial charge in [-0.05, 0) is 6.08 Å². The lowest BCUT2D eigenvalue weighted by Crippen LogP contribution is -2.70. The maximum atomic E-state index is 5.73. The quantitative estimate of drug-likeness (QED) is 0.496. The highest BCUT2D eigenvalue weighted by Gasteiger charge is 2.78. The lowest BCUT2D eigenvalue weighted by molar-refractivity contribution is -0.175. The smallest absolute Gasteiger partial charge is 0.150 e. The highest BCUT2D eigenvalue weighted by Crippen LogP contribution is 2.71. The number of fused-ring (bicyclic) bond motifs is 1. The molecule has 0 aromatic carbocycles. The van der Waals surface area contributed by atoms with Crippen LogP contribution in [0.3, 0.4) is 0 Å². The van der Waals surface area contributed by atoms with Crippen molar-refractivity contribution in [1.82, 2.24) is 0 Å². The minimum Gasteiger partial charge on any atom is -0.491 e. The lowest BCUT2D eigenvalue weighted by Gasteiger charge is -2.63. The first-order chi connectivity index (χ1) is 5.89. The minimum atomic E-state index is 0.0203. The van der Waals surface area contributed by atoms with Crippen molar-refractivity contribution in [2.45, 2.75) is 5.60 Å². The maximum absolute atomic E-state index is 5.73. The SMILES string of the molecule is C1=C[C@@H]2[C@@H]3C=CC34COC[C@@]24O1. The topological polar surface area (TPSA) is 18.5 Å². The fraction of sp³-hybridized carbons (Fsp3) is 0.600. The van der Waals surface area contributed by atoms with E-state index in [9.17, 15) is 0 Å². The Morgan fingerprint density at radius 1 is 1.17 bits per heavy atom. The Kier molecular flexibility index (Phi) is 0.665. The van der Waals surface area contributed by atoms with Gasteiger partial charge >= 0.3 is 0 Å². The van der Waals surface area contributed by atoms with Gasteiger partial charge in [-0.15, -0.1) is 0 Å². The molecule has 0 radical (unpaired) electrons. The first-order valence-corrected chi connectivity index (χ1v) is 4.51. The van der Waals surface area contributed by atoms with Gasteiger partial charge in [-0.1, -0.05) is 12.2 Å². The molecule has 1 saturated carbocycles. The summed E-state index contributed by atoms with van der Waals surface area (Å²) in [5, 5.41) is 0. The van der Waals surface area contributed by atoms with Crippen LogP contribution in [-0.4, -0.2) is 18.8 Å². The summed E-state index contributed by atoms with van der Waals surface area (Å²) in [5.74, 6) is 1.31. The zero-order valence-corrected chi connectivity index (χ0v) is 6.69. The van der Waals surface area contributed by atoms with Gasteiger partial charge in [0.15, 0.2) is 0 Å². The van der Waals surface area contributed by atoms with Crippen molar-refractivity contribution in [1.29, 1.82) is 0 Å². The zero-order valence-electron chi connectivity index (χ0n) is 6.69. The molecule has 62 valence electrons. The Morgan fingerprint density at radius 2 is 2.17 bits per heavy atom. The van der Waals surface area contributed by atoms with Gasteiger partial charge in [-0.2, -0.15) is 0 Å². The summed E-state index contributed by atoms with van der Waals surface area (Å²) in [7, 11) is 0. The molecular formula is C10H10O2. The van der Waals surface area contributed by atoms with E-state index >= 15 is 0 Å². The van der Waals surface area contributed by atoms with E-state index in [1.807, 2.05) is 6.26 Å². The van der Waals surface area contributed by atoms with Crippen LogP contribution in [0.5, 0.6) is 0 Å². The second-order valence-corrected chi connectivity index (χ2v) is 4.28. The molecule has 0 aromatic rings. The van der Waals surface area contributed by atoms with E-state index in [-0.39, 0.29) is 11.0 Å². The third-order valence-electron chi connectivity index (χ3n) is 4.13. The Bertz CT molecular complexity index is 320. The van der Waals surface area contributed by atoms with Crippen molar-refractivity contribution >= 4 is 0 Å². The predicted molar refractivity (Wildman–Crippen MR) is 42.3 cm³/mol. The van der Waals surface area contributed by atoms with Crippen LogP contribution in [-0.2, 0) is 9.47 Å². The third kappa shape index (κ3) is 0.307.